The van der Waals surface area contributed by atoms with Gasteiger partial charge in [0.25, 0.3) is 0 Å². The molecule has 0 atom stereocenters. The van der Waals surface area contributed by atoms with Crippen LogP contribution in [0.1, 0.15) is 19.7 Å². The van der Waals surface area contributed by atoms with Crippen molar-refractivity contribution in [2.75, 3.05) is 5.73 Å². The van der Waals surface area contributed by atoms with E-state index in [9.17, 15) is 0 Å². The van der Waals surface area contributed by atoms with E-state index in [0.29, 0.717) is 22.8 Å². The molecular formula is C16H19N5. The van der Waals surface area contributed by atoms with Crippen LogP contribution in [0.4, 0.5) is 5.82 Å². The Labute approximate surface area is 124 Å². The molecule has 0 aromatic carbocycles. The zero-order valence-electron chi connectivity index (χ0n) is 12.6. The number of rotatable bonds is 2. The first kappa shape index (κ1) is 16.2. The average Bonchev–Trinajstić information content (AvgIpc) is 2.88. The lowest BCUT2D eigenvalue weighted by atomic mass is 10.2. The van der Waals surface area contributed by atoms with E-state index in [0.717, 1.165) is 5.57 Å². The van der Waals surface area contributed by atoms with Crippen LogP contribution in [0.15, 0.2) is 43.3 Å². The van der Waals surface area contributed by atoms with Gasteiger partial charge in [0.05, 0.1) is 6.33 Å². The molecule has 2 aromatic rings. The summed E-state index contributed by atoms with van der Waals surface area (Å²) < 4.78 is 1.77. The van der Waals surface area contributed by atoms with Crippen LogP contribution in [0.2, 0.25) is 0 Å². The van der Waals surface area contributed by atoms with Gasteiger partial charge in [0.1, 0.15) is 5.52 Å². The van der Waals surface area contributed by atoms with Gasteiger partial charge in [-0.2, -0.15) is 0 Å². The fourth-order valence-electron chi connectivity index (χ4n) is 1.50. The lowest BCUT2D eigenvalue weighted by molar-refractivity contribution is 0.926. The van der Waals surface area contributed by atoms with E-state index in [-0.39, 0.29) is 0 Å². The Morgan fingerprint density at radius 2 is 2.05 bits per heavy atom. The summed E-state index contributed by atoms with van der Waals surface area (Å²) in [5, 5.41) is 0. The third kappa shape index (κ3) is 3.80. The maximum Gasteiger partial charge on any atom is 0.209 e. The van der Waals surface area contributed by atoms with Crippen LogP contribution in [0.3, 0.4) is 0 Å². The summed E-state index contributed by atoms with van der Waals surface area (Å²) in [6.07, 6.45) is 6.68. The fourth-order valence-corrected chi connectivity index (χ4v) is 1.50. The summed E-state index contributed by atoms with van der Waals surface area (Å²) in [6, 6.07) is 0. The molecule has 0 amide bonds. The number of nitrogen functional groups attached to an aromatic ring is 1. The Bertz CT molecular complexity index is 741. The number of nitrogens with two attached hydrogens (primary N) is 1. The van der Waals surface area contributed by atoms with Gasteiger partial charge in [0, 0.05) is 12.6 Å². The number of nitrogens with zero attached hydrogens (tertiary/aromatic N) is 4. The maximum atomic E-state index is 5.82. The molecule has 2 rings (SSSR count). The molecule has 0 radical (unpaired) electrons. The SMILES string of the molecule is C=C/C=C(/C#Cc1nc(N)c2ncn(C)c2n1)C=C.CC. The molecule has 5 heteroatoms. The Morgan fingerprint density at radius 3 is 2.67 bits per heavy atom. The van der Waals surface area contributed by atoms with Crippen LogP contribution in [-0.4, -0.2) is 19.5 Å². The molecule has 0 unspecified atom stereocenters. The lowest BCUT2D eigenvalue weighted by Gasteiger charge is -1.97. The third-order valence-electron chi connectivity index (χ3n) is 2.42. The lowest BCUT2D eigenvalue weighted by Crippen LogP contribution is -1.99. The molecule has 2 N–H and O–H groups in total. The topological polar surface area (TPSA) is 69.6 Å². The summed E-state index contributed by atoms with van der Waals surface area (Å²) in [7, 11) is 1.84. The summed E-state index contributed by atoms with van der Waals surface area (Å²) in [5.74, 6) is 6.43. The maximum absolute atomic E-state index is 5.82. The van der Waals surface area contributed by atoms with Crippen molar-refractivity contribution < 1.29 is 0 Å². The first-order valence-electron chi connectivity index (χ1n) is 6.57. The van der Waals surface area contributed by atoms with E-state index in [2.05, 4.69) is 40.0 Å². The minimum absolute atomic E-state index is 0.322. The van der Waals surface area contributed by atoms with Gasteiger partial charge in [0.2, 0.25) is 5.82 Å². The van der Waals surface area contributed by atoms with E-state index in [1.807, 2.05) is 20.9 Å². The van der Waals surface area contributed by atoms with Gasteiger partial charge >= 0.3 is 0 Å². The van der Waals surface area contributed by atoms with Gasteiger partial charge in [-0.3, -0.25) is 0 Å². The molecule has 0 saturated carbocycles. The highest BCUT2D eigenvalue weighted by atomic mass is 15.1. The number of anilines is 1. The van der Waals surface area contributed by atoms with Gasteiger partial charge in [-0.05, 0) is 12.0 Å². The molecule has 0 aliphatic heterocycles. The highest BCUT2D eigenvalue weighted by Crippen LogP contribution is 2.14. The Morgan fingerprint density at radius 1 is 1.33 bits per heavy atom. The molecule has 5 nitrogen and oxygen atoms in total. The normalized spacial score (nSPS) is 10.1. The molecule has 0 aliphatic carbocycles. The molecule has 2 heterocycles. The standard InChI is InChI=1S/C14H13N5.C2H6/c1-4-6-10(5-2)7-8-11-17-13(15)12-14(18-11)19(3)9-16-12;1-2/h4-6,9H,1-2H2,3H3,(H2,15,17,18);1-2H3/b10-6+;. The number of allylic oxidation sites excluding steroid dienone is 4. The minimum atomic E-state index is 0.322. The van der Waals surface area contributed by atoms with Crippen molar-refractivity contribution in [2.24, 2.45) is 7.05 Å². The predicted molar refractivity (Wildman–Crippen MR) is 87.4 cm³/mol. The van der Waals surface area contributed by atoms with Crippen LogP contribution in [0, 0.1) is 11.8 Å². The summed E-state index contributed by atoms with van der Waals surface area (Å²) in [5.41, 5.74) is 7.80. The quantitative estimate of drug-likeness (QED) is 0.678. The van der Waals surface area contributed by atoms with Crippen molar-refractivity contribution in [1.29, 1.82) is 0 Å². The predicted octanol–water partition coefficient (Wildman–Crippen LogP) is 2.62. The van der Waals surface area contributed by atoms with E-state index >= 15 is 0 Å². The van der Waals surface area contributed by atoms with Gasteiger partial charge in [-0.15, -0.1) is 0 Å². The highest BCUT2D eigenvalue weighted by Gasteiger charge is 2.07. The monoisotopic (exact) mass is 281 g/mol. The van der Waals surface area contributed by atoms with Crippen LogP contribution in [-0.2, 0) is 7.05 Å². The number of imidazole rings is 1. The minimum Gasteiger partial charge on any atom is -0.382 e. The summed E-state index contributed by atoms with van der Waals surface area (Å²) in [6.45, 7) is 11.3. The number of aromatic nitrogens is 4. The van der Waals surface area contributed by atoms with Crippen molar-refractivity contribution in [1.82, 2.24) is 19.5 Å². The van der Waals surface area contributed by atoms with Gasteiger partial charge < -0.3 is 10.3 Å². The highest BCUT2D eigenvalue weighted by molar-refractivity contribution is 5.81. The van der Waals surface area contributed by atoms with Crippen molar-refractivity contribution in [2.45, 2.75) is 13.8 Å². The van der Waals surface area contributed by atoms with Gasteiger partial charge in [-0.1, -0.05) is 45.1 Å². The second-order valence-electron chi connectivity index (χ2n) is 3.77. The van der Waals surface area contributed by atoms with Crippen molar-refractivity contribution in [3.8, 4) is 11.8 Å². The average molecular weight is 281 g/mol. The number of hydrogen-bond acceptors (Lipinski definition) is 4. The van der Waals surface area contributed by atoms with Crippen LogP contribution < -0.4 is 5.73 Å². The van der Waals surface area contributed by atoms with Crippen molar-refractivity contribution in [3.63, 3.8) is 0 Å². The molecular weight excluding hydrogens is 262 g/mol. The van der Waals surface area contributed by atoms with E-state index in [1.165, 1.54) is 0 Å². The fraction of sp³-hybridized carbons (Fsp3) is 0.188. The molecule has 0 bridgehead atoms. The van der Waals surface area contributed by atoms with Gasteiger partial charge in [0.15, 0.2) is 11.5 Å². The van der Waals surface area contributed by atoms with Crippen molar-refractivity contribution in [3.05, 3.63) is 49.1 Å². The van der Waals surface area contributed by atoms with E-state index in [4.69, 9.17) is 5.73 Å². The Balaban J connectivity index is 0.00000106. The van der Waals surface area contributed by atoms with Crippen LogP contribution >= 0.6 is 0 Å². The van der Waals surface area contributed by atoms with Crippen molar-refractivity contribution >= 4 is 17.0 Å². The molecule has 0 saturated heterocycles. The van der Waals surface area contributed by atoms with Crippen LogP contribution in [0.25, 0.3) is 11.2 Å². The summed E-state index contributed by atoms with van der Waals surface area (Å²) >= 11 is 0. The number of hydrogen-bond donors (Lipinski definition) is 1. The van der Waals surface area contributed by atoms with E-state index < -0.39 is 0 Å². The molecule has 0 aliphatic rings. The first-order valence-corrected chi connectivity index (χ1v) is 6.57. The zero-order valence-corrected chi connectivity index (χ0v) is 12.6. The van der Waals surface area contributed by atoms with E-state index in [1.54, 1.807) is 29.1 Å². The second-order valence-corrected chi connectivity index (χ2v) is 3.77. The van der Waals surface area contributed by atoms with Gasteiger partial charge in [-0.25, -0.2) is 15.0 Å². The first-order chi connectivity index (χ1) is 10.2. The molecule has 2 aromatic heterocycles. The smallest absolute Gasteiger partial charge is 0.209 e. The molecule has 0 fully saturated rings. The third-order valence-corrected chi connectivity index (χ3v) is 2.42. The zero-order chi connectivity index (χ0) is 15.8. The number of fused-ring (bicyclic) bond motifs is 1. The Hall–Kier alpha value is -2.87. The Kier molecular flexibility index (Phi) is 5.90. The largest absolute Gasteiger partial charge is 0.382 e. The number of aryl methyl sites for hydroxylation is 1. The second kappa shape index (κ2) is 7.65. The van der Waals surface area contributed by atoms with Crippen LogP contribution in [0.5, 0.6) is 0 Å². The molecule has 0 spiro atoms. The molecule has 108 valence electrons. The molecule has 21 heavy (non-hydrogen) atoms. The summed E-state index contributed by atoms with van der Waals surface area (Å²) in [4.78, 5) is 12.5.